The Bertz CT molecular complexity index is 525. The molecule has 1 aromatic heterocycles. The van der Waals surface area contributed by atoms with E-state index in [0.717, 1.165) is 44.7 Å². The van der Waals surface area contributed by atoms with Crippen LogP contribution in [0.2, 0.25) is 0 Å². The van der Waals surface area contributed by atoms with Crippen molar-refractivity contribution in [2.24, 2.45) is 5.41 Å². The van der Waals surface area contributed by atoms with Crippen LogP contribution in [0.5, 0.6) is 0 Å². The molecule has 1 aliphatic heterocycles. The molecular weight excluding hydrogens is 292 g/mol. The van der Waals surface area contributed by atoms with Crippen LogP contribution in [0, 0.1) is 12.3 Å². The van der Waals surface area contributed by atoms with Crippen molar-refractivity contribution in [1.29, 1.82) is 0 Å². The number of H-pyrrole nitrogens is 1. The van der Waals surface area contributed by atoms with E-state index in [-0.39, 0.29) is 11.5 Å². The maximum Gasteiger partial charge on any atom is 0.410 e. The highest BCUT2D eigenvalue weighted by Gasteiger charge is 2.33. The Morgan fingerprint density at radius 2 is 2.09 bits per heavy atom. The van der Waals surface area contributed by atoms with E-state index in [9.17, 15) is 4.79 Å². The summed E-state index contributed by atoms with van der Waals surface area (Å²) in [6.07, 6.45) is 3.66. The number of hydrogen-bond donors (Lipinski definition) is 2. The highest BCUT2D eigenvalue weighted by molar-refractivity contribution is 5.68. The number of amides is 1. The van der Waals surface area contributed by atoms with Gasteiger partial charge in [-0.15, -0.1) is 0 Å². The summed E-state index contributed by atoms with van der Waals surface area (Å²) in [5.74, 6) is 0. The topological polar surface area (TPSA) is 70.2 Å². The minimum atomic E-state index is -0.429. The molecule has 6 nitrogen and oxygen atoms in total. The summed E-state index contributed by atoms with van der Waals surface area (Å²) >= 11 is 0. The van der Waals surface area contributed by atoms with E-state index in [4.69, 9.17) is 4.74 Å². The Kier molecular flexibility index (Phi) is 5.34. The maximum absolute atomic E-state index is 12.1. The molecule has 2 N–H and O–H groups in total. The van der Waals surface area contributed by atoms with Crippen molar-refractivity contribution in [3.05, 3.63) is 17.5 Å². The third-order valence-electron chi connectivity index (χ3n) is 4.42. The SMILES string of the molecule is Cc1[nH]ncc1CNCC1(C)CCN(C(=O)OC(C)(C)C)CC1. The Hall–Kier alpha value is -1.56. The van der Waals surface area contributed by atoms with Crippen LogP contribution in [0.1, 0.15) is 51.8 Å². The van der Waals surface area contributed by atoms with Crippen molar-refractivity contribution in [2.45, 2.75) is 59.6 Å². The first-order valence-corrected chi connectivity index (χ1v) is 8.36. The maximum atomic E-state index is 12.1. The van der Waals surface area contributed by atoms with Gasteiger partial charge >= 0.3 is 6.09 Å². The van der Waals surface area contributed by atoms with Crippen molar-refractivity contribution < 1.29 is 9.53 Å². The zero-order chi connectivity index (χ0) is 17.1. The number of nitrogens with one attached hydrogen (secondary N) is 2. The molecule has 1 fully saturated rings. The predicted molar refractivity (Wildman–Crippen MR) is 90.2 cm³/mol. The number of aromatic amines is 1. The Morgan fingerprint density at radius 1 is 1.43 bits per heavy atom. The van der Waals surface area contributed by atoms with E-state index >= 15 is 0 Å². The Morgan fingerprint density at radius 3 is 2.61 bits per heavy atom. The molecule has 0 aliphatic carbocycles. The fourth-order valence-electron chi connectivity index (χ4n) is 2.79. The minimum Gasteiger partial charge on any atom is -0.444 e. The molecule has 0 radical (unpaired) electrons. The molecular formula is C17H30N4O2. The summed E-state index contributed by atoms with van der Waals surface area (Å²) in [5, 5.41) is 10.5. The lowest BCUT2D eigenvalue weighted by molar-refractivity contribution is 0.0119. The second kappa shape index (κ2) is 6.91. The summed E-state index contributed by atoms with van der Waals surface area (Å²) in [5.41, 5.74) is 2.11. The van der Waals surface area contributed by atoms with E-state index in [1.807, 2.05) is 38.8 Å². The second-order valence-electron chi connectivity index (χ2n) is 7.90. The number of rotatable bonds is 4. The monoisotopic (exact) mass is 322 g/mol. The summed E-state index contributed by atoms with van der Waals surface area (Å²) in [4.78, 5) is 13.9. The molecule has 0 spiro atoms. The van der Waals surface area contributed by atoms with Crippen LogP contribution in [0.3, 0.4) is 0 Å². The number of ether oxygens (including phenoxy) is 1. The van der Waals surface area contributed by atoms with Crippen LogP contribution in [-0.2, 0) is 11.3 Å². The number of carbonyl (C=O) groups excluding carboxylic acids is 1. The average molecular weight is 322 g/mol. The van der Waals surface area contributed by atoms with Gasteiger partial charge in [0.05, 0.1) is 6.20 Å². The minimum absolute atomic E-state index is 0.193. The number of nitrogens with zero attached hydrogens (tertiary/aromatic N) is 2. The number of piperidine rings is 1. The fraction of sp³-hybridized carbons (Fsp3) is 0.765. The molecule has 0 unspecified atom stereocenters. The van der Waals surface area contributed by atoms with Gasteiger partial charge in [0.1, 0.15) is 5.60 Å². The number of likely N-dealkylation sites (tertiary alicyclic amines) is 1. The number of hydrogen-bond acceptors (Lipinski definition) is 4. The first kappa shape index (κ1) is 17.8. The molecule has 1 saturated heterocycles. The average Bonchev–Trinajstić information content (AvgIpc) is 2.83. The van der Waals surface area contributed by atoms with Crippen LogP contribution < -0.4 is 5.32 Å². The fourth-order valence-corrected chi connectivity index (χ4v) is 2.79. The predicted octanol–water partition coefficient (Wildman–Crippen LogP) is 2.84. The normalized spacial score (nSPS) is 18.0. The van der Waals surface area contributed by atoms with E-state index in [1.165, 1.54) is 5.56 Å². The molecule has 23 heavy (non-hydrogen) atoms. The Labute approximate surface area is 139 Å². The molecule has 0 bridgehead atoms. The van der Waals surface area contributed by atoms with E-state index in [2.05, 4.69) is 22.4 Å². The van der Waals surface area contributed by atoms with Crippen LogP contribution in [0.25, 0.3) is 0 Å². The van der Waals surface area contributed by atoms with Gasteiger partial charge in [0.25, 0.3) is 0 Å². The molecule has 2 heterocycles. The summed E-state index contributed by atoms with van der Waals surface area (Å²) < 4.78 is 5.45. The zero-order valence-electron chi connectivity index (χ0n) is 15.0. The van der Waals surface area contributed by atoms with Crippen molar-refractivity contribution in [2.75, 3.05) is 19.6 Å². The molecule has 1 aliphatic rings. The van der Waals surface area contributed by atoms with Crippen molar-refractivity contribution >= 4 is 6.09 Å². The van der Waals surface area contributed by atoms with E-state index < -0.39 is 5.60 Å². The lowest BCUT2D eigenvalue weighted by atomic mass is 9.80. The van der Waals surface area contributed by atoms with E-state index in [0.29, 0.717) is 0 Å². The van der Waals surface area contributed by atoms with Gasteiger partial charge in [-0.2, -0.15) is 5.10 Å². The van der Waals surface area contributed by atoms with E-state index in [1.54, 1.807) is 0 Å². The quantitative estimate of drug-likeness (QED) is 0.894. The lowest BCUT2D eigenvalue weighted by Gasteiger charge is -2.39. The molecule has 0 atom stereocenters. The zero-order valence-corrected chi connectivity index (χ0v) is 15.0. The number of carbonyl (C=O) groups is 1. The van der Waals surface area contributed by atoms with Gasteiger partial charge in [-0.3, -0.25) is 5.10 Å². The first-order valence-electron chi connectivity index (χ1n) is 8.36. The van der Waals surface area contributed by atoms with Crippen LogP contribution in [-0.4, -0.2) is 46.4 Å². The standard InChI is InChI=1S/C17H30N4O2/c1-13-14(11-19-20-13)10-18-12-17(5)6-8-21(9-7-17)15(22)23-16(2,3)4/h11,18H,6-10,12H2,1-5H3,(H,19,20). The molecule has 130 valence electrons. The third kappa shape index (κ3) is 5.23. The van der Waals surface area contributed by atoms with Crippen LogP contribution in [0.15, 0.2) is 6.20 Å². The highest BCUT2D eigenvalue weighted by atomic mass is 16.6. The first-order chi connectivity index (χ1) is 10.7. The largest absolute Gasteiger partial charge is 0.444 e. The summed E-state index contributed by atoms with van der Waals surface area (Å²) in [6.45, 7) is 13.3. The molecule has 0 saturated carbocycles. The van der Waals surface area contributed by atoms with Crippen LogP contribution in [0.4, 0.5) is 4.79 Å². The smallest absolute Gasteiger partial charge is 0.410 e. The highest BCUT2D eigenvalue weighted by Crippen LogP contribution is 2.30. The van der Waals surface area contributed by atoms with Crippen molar-refractivity contribution in [3.8, 4) is 0 Å². The van der Waals surface area contributed by atoms with Crippen molar-refractivity contribution in [1.82, 2.24) is 20.4 Å². The van der Waals surface area contributed by atoms with Crippen molar-refractivity contribution in [3.63, 3.8) is 0 Å². The van der Waals surface area contributed by atoms with Crippen LogP contribution >= 0.6 is 0 Å². The van der Waals surface area contributed by atoms with Gasteiger partial charge < -0.3 is 15.0 Å². The molecule has 0 aromatic carbocycles. The molecule has 1 aromatic rings. The molecule has 1 amide bonds. The third-order valence-corrected chi connectivity index (χ3v) is 4.42. The summed E-state index contributed by atoms with van der Waals surface area (Å²) in [6, 6.07) is 0. The van der Waals surface area contributed by atoms with Gasteiger partial charge in [0, 0.05) is 37.4 Å². The number of aryl methyl sites for hydroxylation is 1. The Balaban J connectivity index is 1.76. The molecule has 6 heteroatoms. The van der Waals surface area contributed by atoms with Gasteiger partial charge in [-0.1, -0.05) is 6.92 Å². The van der Waals surface area contributed by atoms with Gasteiger partial charge in [-0.05, 0) is 46.0 Å². The lowest BCUT2D eigenvalue weighted by Crippen LogP contribution is -2.47. The number of aromatic nitrogens is 2. The molecule has 2 rings (SSSR count). The van der Waals surface area contributed by atoms with Gasteiger partial charge in [0.2, 0.25) is 0 Å². The van der Waals surface area contributed by atoms with Gasteiger partial charge in [0.15, 0.2) is 0 Å². The van der Waals surface area contributed by atoms with Gasteiger partial charge in [-0.25, -0.2) is 4.79 Å². The summed E-state index contributed by atoms with van der Waals surface area (Å²) in [7, 11) is 0. The second-order valence-corrected chi connectivity index (χ2v) is 7.90.